The van der Waals surface area contributed by atoms with Crippen molar-refractivity contribution in [2.24, 2.45) is 0 Å². The molecule has 0 aromatic heterocycles. The molecule has 0 spiro atoms. The number of rotatable bonds is 8. The molecular formula is C20H31ClFN3O3. The van der Waals surface area contributed by atoms with Crippen molar-refractivity contribution < 1.29 is 19.1 Å². The number of carboxylic acid groups (broad SMARTS) is 1. The Labute approximate surface area is 172 Å². The van der Waals surface area contributed by atoms with Gasteiger partial charge in [-0.15, -0.1) is 12.4 Å². The highest BCUT2D eigenvalue weighted by Crippen LogP contribution is 2.19. The monoisotopic (exact) mass is 415 g/mol. The van der Waals surface area contributed by atoms with Gasteiger partial charge >= 0.3 is 5.97 Å². The van der Waals surface area contributed by atoms with Crippen LogP contribution in [0.3, 0.4) is 0 Å². The van der Waals surface area contributed by atoms with E-state index in [1.54, 1.807) is 18.0 Å². The van der Waals surface area contributed by atoms with Crippen LogP contribution in [0, 0.1) is 5.82 Å². The zero-order valence-corrected chi connectivity index (χ0v) is 17.6. The van der Waals surface area contributed by atoms with E-state index in [1.807, 2.05) is 24.8 Å². The molecule has 0 aliphatic carbocycles. The minimum Gasteiger partial charge on any atom is -0.480 e. The Morgan fingerprint density at radius 2 is 1.96 bits per heavy atom. The topological polar surface area (TPSA) is 64.1 Å². The number of nitrogens with zero attached hydrogens (tertiary/aromatic N) is 3. The molecule has 1 N–H and O–H groups in total. The number of hydrogen-bond donors (Lipinski definition) is 1. The number of aliphatic carboxylic acids is 1. The smallest absolute Gasteiger partial charge is 0.317 e. The Morgan fingerprint density at radius 3 is 2.50 bits per heavy atom. The molecule has 1 amide bonds. The standard InChI is InChI=1S/C20H30FN3O3.ClH/c1-4-23(14-19(25)26)18-8-10-24(11-9-18)15(2)20(27)22(3)13-16-6-5-7-17(21)12-16;/h5-7,12,15,18H,4,8-11,13-14H2,1-3H3,(H,25,26);1H. The van der Waals surface area contributed by atoms with Crippen molar-refractivity contribution in [3.8, 4) is 0 Å². The molecule has 1 aliphatic heterocycles. The van der Waals surface area contributed by atoms with E-state index in [-0.39, 0.29) is 42.8 Å². The summed E-state index contributed by atoms with van der Waals surface area (Å²) in [5.41, 5.74) is 0.768. The SMILES string of the molecule is CCN(CC(=O)O)C1CCN(C(C)C(=O)N(C)Cc2cccc(F)c2)CC1.Cl. The van der Waals surface area contributed by atoms with Gasteiger partial charge in [-0.3, -0.25) is 19.4 Å². The van der Waals surface area contributed by atoms with E-state index in [4.69, 9.17) is 5.11 Å². The lowest BCUT2D eigenvalue weighted by molar-refractivity contribution is -0.139. The average Bonchev–Trinajstić information content (AvgIpc) is 2.65. The van der Waals surface area contributed by atoms with Gasteiger partial charge in [-0.05, 0) is 44.0 Å². The highest BCUT2D eigenvalue weighted by molar-refractivity contribution is 5.85. The fraction of sp³-hybridized carbons (Fsp3) is 0.600. The van der Waals surface area contributed by atoms with E-state index in [0.29, 0.717) is 13.1 Å². The van der Waals surface area contributed by atoms with Crippen molar-refractivity contribution in [3.05, 3.63) is 35.6 Å². The fourth-order valence-corrected chi connectivity index (χ4v) is 3.77. The van der Waals surface area contributed by atoms with Crippen LogP contribution in [0.25, 0.3) is 0 Å². The molecular weight excluding hydrogens is 385 g/mol. The lowest BCUT2D eigenvalue weighted by atomic mass is 10.0. The van der Waals surface area contributed by atoms with Crippen LogP contribution in [-0.4, -0.2) is 77.0 Å². The van der Waals surface area contributed by atoms with Gasteiger partial charge in [0.25, 0.3) is 0 Å². The number of benzene rings is 1. The minimum atomic E-state index is -0.804. The quantitative estimate of drug-likeness (QED) is 0.706. The highest BCUT2D eigenvalue weighted by Gasteiger charge is 2.30. The molecule has 8 heteroatoms. The molecule has 1 heterocycles. The van der Waals surface area contributed by atoms with Gasteiger partial charge in [-0.2, -0.15) is 0 Å². The molecule has 6 nitrogen and oxygen atoms in total. The maximum absolute atomic E-state index is 13.3. The number of carbonyl (C=O) groups excluding carboxylic acids is 1. The molecule has 158 valence electrons. The summed E-state index contributed by atoms with van der Waals surface area (Å²) in [5, 5.41) is 9.03. The van der Waals surface area contributed by atoms with Gasteiger partial charge < -0.3 is 10.0 Å². The summed E-state index contributed by atoms with van der Waals surface area (Å²) in [4.78, 5) is 29.5. The predicted molar refractivity (Wildman–Crippen MR) is 109 cm³/mol. The van der Waals surface area contributed by atoms with Crippen molar-refractivity contribution >= 4 is 24.3 Å². The Hall–Kier alpha value is -1.70. The maximum Gasteiger partial charge on any atom is 0.317 e. The van der Waals surface area contributed by atoms with E-state index in [9.17, 15) is 14.0 Å². The Kier molecular flexibility index (Phi) is 9.85. The van der Waals surface area contributed by atoms with Gasteiger partial charge in [0.05, 0.1) is 12.6 Å². The molecule has 0 radical (unpaired) electrons. The van der Waals surface area contributed by atoms with Crippen LogP contribution in [0.1, 0.15) is 32.3 Å². The van der Waals surface area contributed by atoms with Gasteiger partial charge in [0, 0.05) is 32.7 Å². The third kappa shape index (κ3) is 6.72. The summed E-state index contributed by atoms with van der Waals surface area (Å²) in [7, 11) is 1.74. The third-order valence-electron chi connectivity index (χ3n) is 5.35. The molecule has 28 heavy (non-hydrogen) atoms. The summed E-state index contributed by atoms with van der Waals surface area (Å²) in [6.45, 7) is 6.55. The fourth-order valence-electron chi connectivity index (χ4n) is 3.77. The Bertz CT molecular complexity index is 653. The molecule has 1 fully saturated rings. The van der Waals surface area contributed by atoms with E-state index in [0.717, 1.165) is 31.5 Å². The summed E-state index contributed by atoms with van der Waals surface area (Å²) in [6.07, 6.45) is 1.71. The van der Waals surface area contributed by atoms with Crippen molar-refractivity contribution in [2.75, 3.05) is 33.2 Å². The molecule has 1 aromatic rings. The average molecular weight is 416 g/mol. The van der Waals surface area contributed by atoms with Gasteiger partial charge in [0.2, 0.25) is 5.91 Å². The summed E-state index contributed by atoms with van der Waals surface area (Å²) < 4.78 is 13.3. The molecule has 1 atom stereocenters. The first kappa shape index (κ1) is 24.3. The van der Waals surface area contributed by atoms with Crippen molar-refractivity contribution in [2.45, 2.75) is 45.3 Å². The van der Waals surface area contributed by atoms with Crippen molar-refractivity contribution in [1.82, 2.24) is 14.7 Å². The van der Waals surface area contributed by atoms with Gasteiger partial charge in [0.1, 0.15) is 5.82 Å². The summed E-state index contributed by atoms with van der Waals surface area (Å²) in [5.74, 6) is -1.09. The number of carbonyl (C=O) groups is 2. The zero-order chi connectivity index (χ0) is 20.0. The van der Waals surface area contributed by atoms with E-state index >= 15 is 0 Å². The van der Waals surface area contributed by atoms with Crippen LogP contribution in [0.2, 0.25) is 0 Å². The van der Waals surface area contributed by atoms with Crippen molar-refractivity contribution in [3.63, 3.8) is 0 Å². The van der Waals surface area contributed by atoms with E-state index in [2.05, 4.69) is 4.90 Å². The number of likely N-dealkylation sites (tertiary alicyclic amines) is 1. The van der Waals surface area contributed by atoms with Crippen LogP contribution < -0.4 is 0 Å². The predicted octanol–water partition coefficient (Wildman–Crippen LogP) is 2.47. The first-order chi connectivity index (χ1) is 12.8. The largest absolute Gasteiger partial charge is 0.480 e. The van der Waals surface area contributed by atoms with Gasteiger partial charge in [0.15, 0.2) is 0 Å². The molecule has 0 saturated carbocycles. The Morgan fingerprint density at radius 1 is 1.32 bits per heavy atom. The van der Waals surface area contributed by atoms with Crippen molar-refractivity contribution in [1.29, 1.82) is 0 Å². The first-order valence-corrected chi connectivity index (χ1v) is 9.51. The van der Waals surface area contributed by atoms with E-state index < -0.39 is 5.97 Å². The lowest BCUT2D eigenvalue weighted by Crippen LogP contribution is -2.52. The second-order valence-electron chi connectivity index (χ2n) is 7.22. The number of amides is 1. The highest BCUT2D eigenvalue weighted by atomic mass is 35.5. The van der Waals surface area contributed by atoms with Gasteiger partial charge in [-0.1, -0.05) is 19.1 Å². The first-order valence-electron chi connectivity index (χ1n) is 9.51. The number of hydrogen-bond acceptors (Lipinski definition) is 4. The van der Waals surface area contributed by atoms with Crippen LogP contribution in [0.15, 0.2) is 24.3 Å². The zero-order valence-electron chi connectivity index (χ0n) is 16.8. The Balaban J connectivity index is 0.00000392. The van der Waals surface area contributed by atoms with Crippen LogP contribution in [0.5, 0.6) is 0 Å². The third-order valence-corrected chi connectivity index (χ3v) is 5.35. The summed E-state index contributed by atoms with van der Waals surface area (Å²) in [6, 6.07) is 6.29. The number of carboxylic acids is 1. The molecule has 1 saturated heterocycles. The molecule has 1 aliphatic rings. The molecule has 1 aromatic carbocycles. The van der Waals surface area contributed by atoms with Crippen LogP contribution in [0.4, 0.5) is 4.39 Å². The van der Waals surface area contributed by atoms with Crippen LogP contribution in [-0.2, 0) is 16.1 Å². The van der Waals surface area contributed by atoms with E-state index in [1.165, 1.54) is 12.1 Å². The minimum absolute atomic E-state index is 0. The van der Waals surface area contributed by atoms with Crippen LogP contribution >= 0.6 is 12.4 Å². The second-order valence-corrected chi connectivity index (χ2v) is 7.22. The molecule has 1 unspecified atom stereocenters. The number of halogens is 2. The number of likely N-dealkylation sites (N-methyl/N-ethyl adjacent to an activating group) is 2. The maximum atomic E-state index is 13.3. The lowest BCUT2D eigenvalue weighted by Gasteiger charge is -2.40. The molecule has 0 bridgehead atoms. The second kappa shape index (κ2) is 11.3. The van der Waals surface area contributed by atoms with Gasteiger partial charge in [-0.25, -0.2) is 4.39 Å². The number of piperidine rings is 1. The molecule has 2 rings (SSSR count). The normalized spacial score (nSPS) is 16.5. The summed E-state index contributed by atoms with van der Waals surface area (Å²) >= 11 is 0.